The molecular formula is C11H15IN3O3-. The van der Waals surface area contributed by atoms with Crippen LogP contribution >= 0.6 is 0 Å². The Balaban J connectivity index is 1.83. The number of allylic oxidation sites excluding steroid dienone is 2. The second-order valence-corrected chi connectivity index (χ2v) is 6.30. The van der Waals surface area contributed by atoms with Gasteiger partial charge < -0.3 is 0 Å². The second kappa shape index (κ2) is 6.07. The predicted octanol–water partition coefficient (Wildman–Crippen LogP) is -3.00. The van der Waals surface area contributed by atoms with Crippen LogP contribution in [-0.4, -0.2) is 29.2 Å². The van der Waals surface area contributed by atoms with Crippen molar-refractivity contribution in [1.82, 2.24) is 16.0 Å². The first-order valence-electron chi connectivity index (χ1n) is 5.58. The average molecular weight is 364 g/mol. The Morgan fingerprint density at radius 3 is 3.11 bits per heavy atom. The van der Waals surface area contributed by atoms with Crippen LogP contribution in [0.15, 0.2) is 21.6 Å². The summed E-state index contributed by atoms with van der Waals surface area (Å²) in [5.74, 6) is 0.575. The predicted molar refractivity (Wildman–Crippen MR) is 60.9 cm³/mol. The molecule has 0 bridgehead atoms. The molecule has 6 nitrogen and oxygen atoms in total. The fourth-order valence-electron chi connectivity index (χ4n) is 1.61. The van der Waals surface area contributed by atoms with Gasteiger partial charge in [0.1, 0.15) is 0 Å². The maximum atomic E-state index is 11.6. The molecule has 1 atom stereocenters. The van der Waals surface area contributed by atoms with Crippen molar-refractivity contribution >= 4 is 12.0 Å². The van der Waals surface area contributed by atoms with Gasteiger partial charge in [0.25, 0.3) is 0 Å². The van der Waals surface area contributed by atoms with Gasteiger partial charge in [-0.05, 0) is 0 Å². The number of halogens is 1. The van der Waals surface area contributed by atoms with Gasteiger partial charge in [-0.2, -0.15) is 0 Å². The van der Waals surface area contributed by atoms with E-state index in [1.54, 1.807) is 0 Å². The first-order chi connectivity index (χ1) is 8.63. The second-order valence-electron chi connectivity index (χ2n) is 4.04. The molecule has 2 amide bonds. The third-order valence-electron chi connectivity index (χ3n) is 2.41. The fourth-order valence-corrected chi connectivity index (χ4v) is 3.34. The number of carbonyl (C=O) groups is 2. The van der Waals surface area contributed by atoms with Gasteiger partial charge in [-0.1, -0.05) is 0 Å². The SMILES string of the molecule is CC1=C[I-]CNC(NC(=O)O[C@@H]2CNC(=O)C2)=C1. The summed E-state index contributed by atoms with van der Waals surface area (Å²) in [6.45, 7) is 2.39. The summed E-state index contributed by atoms with van der Waals surface area (Å²) in [5.41, 5.74) is 1.14. The van der Waals surface area contributed by atoms with E-state index in [0.29, 0.717) is 12.4 Å². The third kappa shape index (κ3) is 3.90. The zero-order valence-corrected chi connectivity index (χ0v) is 12.1. The molecule has 18 heavy (non-hydrogen) atoms. The molecular weight excluding hydrogens is 349 g/mol. The van der Waals surface area contributed by atoms with Crippen molar-refractivity contribution in [3.63, 3.8) is 0 Å². The zero-order chi connectivity index (χ0) is 13.0. The van der Waals surface area contributed by atoms with Crippen molar-refractivity contribution in [2.75, 3.05) is 11.1 Å². The molecule has 1 fully saturated rings. The van der Waals surface area contributed by atoms with Gasteiger partial charge in [0.15, 0.2) is 0 Å². The van der Waals surface area contributed by atoms with Crippen molar-refractivity contribution in [1.29, 1.82) is 0 Å². The molecule has 0 aromatic heterocycles. The van der Waals surface area contributed by atoms with Gasteiger partial charge in [0.05, 0.1) is 0 Å². The van der Waals surface area contributed by atoms with Crippen LogP contribution in [0.5, 0.6) is 0 Å². The van der Waals surface area contributed by atoms with Crippen LogP contribution in [0.4, 0.5) is 4.79 Å². The number of alkyl carbamates (subject to hydrolysis) is 1. The van der Waals surface area contributed by atoms with E-state index in [-0.39, 0.29) is 39.6 Å². The van der Waals surface area contributed by atoms with Crippen LogP contribution in [0.2, 0.25) is 0 Å². The van der Waals surface area contributed by atoms with Crippen LogP contribution in [0.25, 0.3) is 0 Å². The molecule has 0 unspecified atom stereocenters. The van der Waals surface area contributed by atoms with E-state index in [1.807, 2.05) is 13.0 Å². The molecule has 0 aliphatic carbocycles. The molecule has 1 saturated heterocycles. The quantitative estimate of drug-likeness (QED) is 0.277. The molecule has 7 heteroatoms. The summed E-state index contributed by atoms with van der Waals surface area (Å²) >= 11 is 0.00201. The summed E-state index contributed by atoms with van der Waals surface area (Å²) in [4.78, 5) is 22.6. The molecule has 3 N–H and O–H groups in total. The normalized spacial score (nSPS) is 23.6. The van der Waals surface area contributed by atoms with Gasteiger partial charge in [-0.15, -0.1) is 0 Å². The molecule has 2 aliphatic heterocycles. The topological polar surface area (TPSA) is 79.5 Å². The van der Waals surface area contributed by atoms with Crippen LogP contribution in [0, 0.1) is 0 Å². The molecule has 2 rings (SSSR count). The van der Waals surface area contributed by atoms with E-state index in [1.165, 1.54) is 0 Å². The summed E-state index contributed by atoms with van der Waals surface area (Å²) in [7, 11) is 0. The Bertz CT molecular complexity index is 420. The van der Waals surface area contributed by atoms with Crippen LogP contribution in [-0.2, 0) is 9.53 Å². The van der Waals surface area contributed by atoms with Gasteiger partial charge in [0, 0.05) is 0 Å². The van der Waals surface area contributed by atoms with Gasteiger partial charge >= 0.3 is 116 Å². The first kappa shape index (κ1) is 13.2. The number of hydrogen-bond donors (Lipinski definition) is 3. The van der Waals surface area contributed by atoms with Crippen LogP contribution in [0.1, 0.15) is 13.3 Å². The minimum atomic E-state index is -0.525. The number of hydrogen-bond acceptors (Lipinski definition) is 4. The van der Waals surface area contributed by atoms with Gasteiger partial charge in [0.2, 0.25) is 0 Å². The molecule has 2 heterocycles. The van der Waals surface area contributed by atoms with Crippen molar-refractivity contribution in [2.24, 2.45) is 0 Å². The number of nitrogens with one attached hydrogen (secondary N) is 3. The average Bonchev–Trinajstić information content (AvgIpc) is 2.57. The zero-order valence-electron chi connectivity index (χ0n) is 9.96. The number of rotatable bonds is 2. The number of carbonyl (C=O) groups excluding carboxylic acids is 2. The van der Waals surface area contributed by atoms with Crippen LogP contribution in [0.3, 0.4) is 0 Å². The van der Waals surface area contributed by atoms with Crippen molar-refractivity contribution in [3.8, 4) is 0 Å². The maximum absolute atomic E-state index is 11.6. The van der Waals surface area contributed by atoms with E-state index in [9.17, 15) is 9.59 Å². The molecule has 0 aromatic carbocycles. The summed E-state index contributed by atoms with van der Waals surface area (Å²) in [6, 6.07) is 0. The van der Waals surface area contributed by atoms with E-state index in [0.717, 1.165) is 10.1 Å². The Labute approximate surface area is 115 Å². The summed E-state index contributed by atoms with van der Waals surface area (Å²) < 4.78 is 8.22. The Morgan fingerprint density at radius 1 is 1.56 bits per heavy atom. The molecule has 2 aliphatic rings. The Kier molecular flexibility index (Phi) is 4.45. The van der Waals surface area contributed by atoms with E-state index < -0.39 is 6.09 Å². The van der Waals surface area contributed by atoms with Crippen molar-refractivity contribution < 1.29 is 35.5 Å². The number of amides is 2. The molecule has 100 valence electrons. The summed E-state index contributed by atoms with van der Waals surface area (Å²) in [5, 5.41) is 8.41. The third-order valence-corrected chi connectivity index (χ3v) is 4.65. The van der Waals surface area contributed by atoms with E-state index in [2.05, 4.69) is 20.0 Å². The van der Waals surface area contributed by atoms with Crippen molar-refractivity contribution in [3.05, 3.63) is 21.6 Å². The van der Waals surface area contributed by atoms with Gasteiger partial charge in [-0.25, -0.2) is 0 Å². The standard InChI is InChI=1S/C11H15IN3O3/c1-7-2-9(14-6-12-4-7)15-11(17)18-8-3-10(16)13-5-8/h2,4,8,14H,3,5-6H2,1H3,(H,13,16)(H,15,17)/q-1/t8-/m0/s1. The molecule has 0 saturated carbocycles. The molecule has 0 radical (unpaired) electrons. The minimum absolute atomic E-state index is 0.00201. The summed E-state index contributed by atoms with van der Waals surface area (Å²) in [6.07, 6.45) is 1.23. The Morgan fingerprint density at radius 2 is 2.39 bits per heavy atom. The number of ether oxygens (including phenoxy) is 1. The molecule has 0 spiro atoms. The fraction of sp³-hybridized carbons (Fsp3) is 0.455. The van der Waals surface area contributed by atoms with Crippen LogP contribution < -0.4 is 37.2 Å². The number of alkyl halides is 1. The first-order valence-corrected chi connectivity index (χ1v) is 8.35. The molecule has 0 aromatic rings. The monoisotopic (exact) mass is 364 g/mol. The Hall–Kier alpha value is -1.25. The van der Waals surface area contributed by atoms with E-state index in [4.69, 9.17) is 4.74 Å². The van der Waals surface area contributed by atoms with E-state index >= 15 is 0 Å². The van der Waals surface area contributed by atoms with Gasteiger partial charge in [-0.3, -0.25) is 0 Å². The van der Waals surface area contributed by atoms with Crippen molar-refractivity contribution in [2.45, 2.75) is 19.4 Å².